The minimum atomic E-state index is 0.430. The summed E-state index contributed by atoms with van der Waals surface area (Å²) in [5, 5.41) is 0. The molecule has 118 valence electrons. The second kappa shape index (κ2) is 5.28. The maximum Gasteiger partial charge on any atom is -0.0131 e. The molecule has 0 nitrogen and oxygen atoms in total. The molecule has 3 aliphatic carbocycles. The van der Waals surface area contributed by atoms with Gasteiger partial charge >= 0.3 is 0 Å². The Bertz CT molecular complexity index is 425. The van der Waals surface area contributed by atoms with E-state index in [-0.39, 0.29) is 0 Å². The molecule has 0 heteroatoms. The predicted molar refractivity (Wildman–Crippen MR) is 92.1 cm³/mol. The molecule has 0 amide bonds. The molecule has 0 radical (unpaired) electrons. The summed E-state index contributed by atoms with van der Waals surface area (Å²) in [6.45, 7) is 12.5. The van der Waals surface area contributed by atoms with Crippen LogP contribution < -0.4 is 0 Å². The van der Waals surface area contributed by atoms with Gasteiger partial charge in [0.2, 0.25) is 0 Å². The molecule has 0 saturated heterocycles. The Morgan fingerprint density at radius 3 is 1.81 bits per heavy atom. The summed E-state index contributed by atoms with van der Waals surface area (Å²) in [7, 11) is 0. The third-order valence-corrected chi connectivity index (χ3v) is 7.13. The molecule has 3 rings (SSSR count). The molecule has 0 N–H and O–H groups in total. The van der Waals surface area contributed by atoms with Gasteiger partial charge in [-0.2, -0.15) is 0 Å². The summed E-state index contributed by atoms with van der Waals surface area (Å²) in [6, 6.07) is 0. The third-order valence-electron chi connectivity index (χ3n) is 7.13. The van der Waals surface area contributed by atoms with Gasteiger partial charge < -0.3 is 0 Å². The Hall–Kier alpha value is -0.520. The van der Waals surface area contributed by atoms with Crippen molar-refractivity contribution in [1.82, 2.24) is 0 Å². The van der Waals surface area contributed by atoms with Crippen LogP contribution in [-0.4, -0.2) is 0 Å². The van der Waals surface area contributed by atoms with E-state index >= 15 is 0 Å². The second-order valence-corrected chi connectivity index (χ2v) is 9.54. The largest absolute Gasteiger partial charge is 0.0805 e. The van der Waals surface area contributed by atoms with Crippen LogP contribution in [0.4, 0.5) is 0 Å². The Labute approximate surface area is 132 Å². The molecule has 0 aromatic rings. The van der Waals surface area contributed by atoms with Crippen LogP contribution in [0.2, 0.25) is 0 Å². The lowest BCUT2D eigenvalue weighted by atomic mass is 9.64. The molecule has 0 aliphatic heterocycles. The van der Waals surface area contributed by atoms with Crippen molar-refractivity contribution in [3.05, 3.63) is 24.3 Å². The van der Waals surface area contributed by atoms with Crippen LogP contribution in [0.5, 0.6) is 0 Å². The molecule has 21 heavy (non-hydrogen) atoms. The van der Waals surface area contributed by atoms with Gasteiger partial charge in [-0.05, 0) is 59.7 Å². The first kappa shape index (κ1) is 15.4. The number of hydrogen-bond acceptors (Lipinski definition) is 0. The van der Waals surface area contributed by atoms with Gasteiger partial charge in [0.25, 0.3) is 0 Å². The monoisotopic (exact) mass is 286 g/mol. The van der Waals surface area contributed by atoms with Crippen molar-refractivity contribution >= 4 is 0 Å². The van der Waals surface area contributed by atoms with E-state index in [1.807, 2.05) is 0 Å². The zero-order valence-electron chi connectivity index (χ0n) is 14.7. The molecular weight excluding hydrogens is 252 g/mol. The highest BCUT2D eigenvalue weighted by atomic mass is 14.6. The first-order chi connectivity index (χ1) is 9.82. The highest BCUT2D eigenvalue weighted by molar-refractivity contribution is 5.21. The van der Waals surface area contributed by atoms with E-state index in [1.165, 1.54) is 32.1 Å². The van der Waals surface area contributed by atoms with E-state index < -0.39 is 0 Å². The van der Waals surface area contributed by atoms with E-state index in [0.29, 0.717) is 10.8 Å². The van der Waals surface area contributed by atoms with Crippen molar-refractivity contribution in [1.29, 1.82) is 0 Å². The summed E-state index contributed by atoms with van der Waals surface area (Å²) >= 11 is 0. The van der Waals surface area contributed by atoms with Gasteiger partial charge in [0.15, 0.2) is 0 Å². The fourth-order valence-corrected chi connectivity index (χ4v) is 5.74. The zero-order valence-corrected chi connectivity index (χ0v) is 14.7. The molecule has 0 aromatic carbocycles. The molecule has 0 spiro atoms. The van der Waals surface area contributed by atoms with Gasteiger partial charge in [-0.15, -0.1) is 0 Å². The summed E-state index contributed by atoms with van der Waals surface area (Å²) in [5.41, 5.74) is 0.938. The highest BCUT2D eigenvalue weighted by Crippen LogP contribution is 2.59. The van der Waals surface area contributed by atoms with E-state index in [4.69, 9.17) is 0 Å². The molecule has 0 aromatic heterocycles. The number of allylic oxidation sites excluding steroid dienone is 4. The summed E-state index contributed by atoms with van der Waals surface area (Å²) in [4.78, 5) is 0. The van der Waals surface area contributed by atoms with Gasteiger partial charge in [0.1, 0.15) is 0 Å². The summed E-state index contributed by atoms with van der Waals surface area (Å²) < 4.78 is 0. The zero-order chi connectivity index (χ0) is 15.3. The number of fused-ring (bicyclic) bond motifs is 1. The minimum absolute atomic E-state index is 0.430. The Kier molecular flexibility index (Phi) is 3.87. The second-order valence-electron chi connectivity index (χ2n) is 9.54. The Balaban J connectivity index is 1.88. The fourth-order valence-electron chi connectivity index (χ4n) is 5.74. The quantitative estimate of drug-likeness (QED) is 0.563. The highest BCUT2D eigenvalue weighted by Gasteiger charge is 2.52. The van der Waals surface area contributed by atoms with Gasteiger partial charge in [0, 0.05) is 0 Å². The average molecular weight is 287 g/mol. The van der Waals surface area contributed by atoms with Crippen molar-refractivity contribution in [2.24, 2.45) is 40.4 Å². The molecule has 2 saturated carbocycles. The molecule has 3 aliphatic rings. The smallest absolute Gasteiger partial charge is 0.0131 e. The SMILES string of the molecule is CC(C)(C)C1CC(C(C)(C)C2CCCC2)C2C=CC=CC21. The van der Waals surface area contributed by atoms with Crippen molar-refractivity contribution < 1.29 is 0 Å². The van der Waals surface area contributed by atoms with Crippen molar-refractivity contribution in [3.63, 3.8) is 0 Å². The standard InChI is InChI=1S/C21H34/c1-20(2,3)18-14-19(17-13-9-8-12-16(17)18)21(4,5)15-10-6-7-11-15/h8-9,12-13,15-19H,6-7,10-11,14H2,1-5H3. The lowest BCUT2D eigenvalue weighted by Gasteiger charge is -2.41. The summed E-state index contributed by atoms with van der Waals surface area (Å²) in [5.74, 6) is 4.24. The van der Waals surface area contributed by atoms with Crippen LogP contribution in [0.1, 0.15) is 66.7 Å². The van der Waals surface area contributed by atoms with E-state index in [0.717, 1.165) is 29.6 Å². The van der Waals surface area contributed by atoms with E-state index in [1.54, 1.807) is 0 Å². The van der Waals surface area contributed by atoms with Crippen LogP contribution >= 0.6 is 0 Å². The lowest BCUT2D eigenvalue weighted by Crippen LogP contribution is -2.34. The number of hydrogen-bond donors (Lipinski definition) is 0. The third kappa shape index (κ3) is 2.64. The minimum Gasteiger partial charge on any atom is -0.0805 e. The molecule has 4 atom stereocenters. The van der Waals surface area contributed by atoms with Crippen LogP contribution in [0.15, 0.2) is 24.3 Å². The fraction of sp³-hybridized carbons (Fsp3) is 0.810. The maximum atomic E-state index is 2.59. The molecule has 4 unspecified atom stereocenters. The van der Waals surface area contributed by atoms with Crippen LogP contribution in [-0.2, 0) is 0 Å². The van der Waals surface area contributed by atoms with Gasteiger partial charge in [0.05, 0.1) is 0 Å². The van der Waals surface area contributed by atoms with Gasteiger partial charge in [-0.25, -0.2) is 0 Å². The van der Waals surface area contributed by atoms with Gasteiger partial charge in [-0.1, -0.05) is 71.8 Å². The van der Waals surface area contributed by atoms with Crippen molar-refractivity contribution in [2.45, 2.75) is 66.7 Å². The lowest BCUT2D eigenvalue weighted by molar-refractivity contribution is 0.0924. The normalized spacial score (nSPS) is 37.2. The van der Waals surface area contributed by atoms with Crippen molar-refractivity contribution in [3.8, 4) is 0 Å². The first-order valence-corrected chi connectivity index (χ1v) is 9.17. The topological polar surface area (TPSA) is 0 Å². The van der Waals surface area contributed by atoms with E-state index in [2.05, 4.69) is 58.9 Å². The molecular formula is C21H34. The van der Waals surface area contributed by atoms with Gasteiger partial charge in [-0.3, -0.25) is 0 Å². The van der Waals surface area contributed by atoms with E-state index in [9.17, 15) is 0 Å². The van der Waals surface area contributed by atoms with Crippen LogP contribution in [0.3, 0.4) is 0 Å². The first-order valence-electron chi connectivity index (χ1n) is 9.17. The molecule has 0 heterocycles. The van der Waals surface area contributed by atoms with Crippen LogP contribution in [0, 0.1) is 40.4 Å². The molecule has 2 fully saturated rings. The average Bonchev–Trinajstić information content (AvgIpc) is 3.06. The predicted octanol–water partition coefficient (Wildman–Crippen LogP) is 6.24. The maximum absolute atomic E-state index is 2.59. The van der Waals surface area contributed by atoms with Crippen LogP contribution in [0.25, 0.3) is 0 Å². The summed E-state index contributed by atoms with van der Waals surface area (Å²) in [6.07, 6.45) is 17.0. The number of rotatable bonds is 2. The Morgan fingerprint density at radius 2 is 1.29 bits per heavy atom. The Morgan fingerprint density at radius 1 is 0.762 bits per heavy atom. The molecule has 0 bridgehead atoms. The van der Waals surface area contributed by atoms with Crippen molar-refractivity contribution in [2.75, 3.05) is 0 Å².